The van der Waals surface area contributed by atoms with Crippen LogP contribution in [0.1, 0.15) is 29.7 Å². The van der Waals surface area contributed by atoms with Gasteiger partial charge in [-0.25, -0.2) is 4.68 Å². The van der Waals surface area contributed by atoms with E-state index in [9.17, 15) is 4.79 Å². The molecule has 39 heavy (non-hydrogen) atoms. The number of hydrogen-bond donors (Lipinski definition) is 2. The Labute approximate surface area is 236 Å². The topological polar surface area (TPSA) is 90.3 Å². The number of thioether (sulfide) groups is 1. The summed E-state index contributed by atoms with van der Waals surface area (Å²) in [4.78, 5) is 18.5. The first kappa shape index (κ1) is 26.6. The van der Waals surface area contributed by atoms with E-state index in [2.05, 4.69) is 35.8 Å². The third-order valence-electron chi connectivity index (χ3n) is 6.35. The van der Waals surface area contributed by atoms with Crippen molar-refractivity contribution >= 4 is 40.9 Å². The first-order valence-corrected chi connectivity index (χ1v) is 13.6. The van der Waals surface area contributed by atoms with Gasteiger partial charge in [-0.05, 0) is 61.4 Å². The molecular formula is C29H28ClN5O3S. The lowest BCUT2D eigenvalue weighted by Gasteiger charge is -2.29. The molecule has 0 spiro atoms. The summed E-state index contributed by atoms with van der Waals surface area (Å²) in [6.07, 6.45) is 0. The molecule has 200 valence electrons. The number of fused-ring (bicyclic) bond motifs is 1. The van der Waals surface area contributed by atoms with Crippen LogP contribution in [0.15, 0.2) is 83.2 Å². The number of benzene rings is 3. The predicted octanol–water partition coefficient (Wildman–Crippen LogP) is 6.48. The molecule has 5 rings (SSSR count). The number of ether oxygens (including phenoxy) is 2. The summed E-state index contributed by atoms with van der Waals surface area (Å²) in [6, 6.07) is 20.4. The SMILES string of the molecule is COc1ccc([C@H]2C(C(=O)Nc3ccc(Cl)cc3)=C(C)Nc3nc(SCc4cccc(C)c4)nn32)cc1OC. The molecule has 0 aliphatic carbocycles. The molecule has 1 atom stereocenters. The highest BCUT2D eigenvalue weighted by Gasteiger charge is 2.35. The Kier molecular flexibility index (Phi) is 7.81. The molecule has 1 aliphatic rings. The van der Waals surface area contributed by atoms with E-state index in [1.807, 2.05) is 31.2 Å². The molecule has 0 saturated heterocycles. The Morgan fingerprint density at radius 1 is 1.05 bits per heavy atom. The number of nitrogens with zero attached hydrogens (tertiary/aromatic N) is 3. The van der Waals surface area contributed by atoms with Gasteiger partial charge in [0.05, 0.1) is 19.8 Å². The third-order valence-corrected chi connectivity index (χ3v) is 7.51. The van der Waals surface area contributed by atoms with E-state index in [-0.39, 0.29) is 5.91 Å². The van der Waals surface area contributed by atoms with Crippen LogP contribution in [-0.2, 0) is 10.5 Å². The normalized spacial score (nSPS) is 14.4. The highest BCUT2D eigenvalue weighted by atomic mass is 35.5. The van der Waals surface area contributed by atoms with E-state index in [0.29, 0.717) is 44.6 Å². The second-order valence-corrected chi connectivity index (χ2v) is 10.5. The summed E-state index contributed by atoms with van der Waals surface area (Å²) in [6.45, 7) is 3.94. The molecule has 3 aromatic carbocycles. The number of rotatable bonds is 8. The average molecular weight is 562 g/mol. The van der Waals surface area contributed by atoms with E-state index in [4.69, 9.17) is 31.2 Å². The molecular weight excluding hydrogens is 534 g/mol. The second-order valence-electron chi connectivity index (χ2n) is 9.08. The van der Waals surface area contributed by atoms with Crippen molar-refractivity contribution in [3.05, 3.63) is 99.7 Å². The van der Waals surface area contributed by atoms with Crippen LogP contribution in [0.5, 0.6) is 11.5 Å². The molecule has 8 nitrogen and oxygen atoms in total. The van der Waals surface area contributed by atoms with Crippen LogP contribution in [-0.4, -0.2) is 34.9 Å². The van der Waals surface area contributed by atoms with Crippen LogP contribution in [0.4, 0.5) is 11.6 Å². The molecule has 2 N–H and O–H groups in total. The van der Waals surface area contributed by atoms with Crippen molar-refractivity contribution in [1.29, 1.82) is 0 Å². The highest BCUT2D eigenvalue weighted by molar-refractivity contribution is 7.98. The fourth-order valence-electron chi connectivity index (χ4n) is 4.50. The van der Waals surface area contributed by atoms with Gasteiger partial charge in [-0.1, -0.05) is 59.3 Å². The largest absolute Gasteiger partial charge is 0.493 e. The van der Waals surface area contributed by atoms with Crippen LogP contribution >= 0.6 is 23.4 Å². The number of halogens is 1. The number of carbonyl (C=O) groups is 1. The fraction of sp³-hybridized carbons (Fsp3) is 0.207. The Morgan fingerprint density at radius 3 is 2.54 bits per heavy atom. The lowest BCUT2D eigenvalue weighted by Crippen LogP contribution is -2.31. The maximum absolute atomic E-state index is 13.7. The summed E-state index contributed by atoms with van der Waals surface area (Å²) in [7, 11) is 3.17. The maximum Gasteiger partial charge on any atom is 0.255 e. The van der Waals surface area contributed by atoms with E-state index < -0.39 is 6.04 Å². The van der Waals surface area contributed by atoms with Gasteiger partial charge in [0.1, 0.15) is 6.04 Å². The molecule has 1 aromatic heterocycles. The van der Waals surface area contributed by atoms with Crippen molar-refractivity contribution in [3.8, 4) is 11.5 Å². The van der Waals surface area contributed by atoms with Gasteiger partial charge in [0.25, 0.3) is 5.91 Å². The predicted molar refractivity (Wildman–Crippen MR) is 155 cm³/mol. The molecule has 10 heteroatoms. The minimum absolute atomic E-state index is 0.266. The van der Waals surface area contributed by atoms with Crippen molar-refractivity contribution in [2.45, 2.75) is 30.8 Å². The van der Waals surface area contributed by atoms with E-state index in [0.717, 1.165) is 11.3 Å². The smallest absolute Gasteiger partial charge is 0.255 e. The summed E-state index contributed by atoms with van der Waals surface area (Å²) < 4.78 is 12.8. The maximum atomic E-state index is 13.7. The molecule has 0 radical (unpaired) electrons. The monoisotopic (exact) mass is 561 g/mol. The van der Waals surface area contributed by atoms with Gasteiger partial charge < -0.3 is 20.1 Å². The van der Waals surface area contributed by atoms with Crippen LogP contribution in [0.3, 0.4) is 0 Å². The van der Waals surface area contributed by atoms with Gasteiger partial charge >= 0.3 is 0 Å². The van der Waals surface area contributed by atoms with Crippen LogP contribution in [0, 0.1) is 6.92 Å². The Morgan fingerprint density at radius 2 is 1.82 bits per heavy atom. The van der Waals surface area contributed by atoms with E-state index in [1.165, 1.54) is 11.1 Å². The fourth-order valence-corrected chi connectivity index (χ4v) is 5.40. The van der Waals surface area contributed by atoms with Crippen molar-refractivity contribution < 1.29 is 14.3 Å². The number of methoxy groups -OCH3 is 2. The van der Waals surface area contributed by atoms with Gasteiger partial charge in [0.15, 0.2) is 11.5 Å². The Bertz CT molecular complexity index is 1550. The van der Waals surface area contributed by atoms with Crippen molar-refractivity contribution in [2.24, 2.45) is 0 Å². The number of nitrogens with one attached hydrogen (secondary N) is 2. The van der Waals surface area contributed by atoms with Gasteiger partial charge in [0.2, 0.25) is 11.1 Å². The quantitative estimate of drug-likeness (QED) is 0.238. The summed E-state index contributed by atoms with van der Waals surface area (Å²) in [5.41, 5.74) is 5.01. The standard InChI is InChI=1S/C29H28ClN5O3S/c1-17-6-5-7-19(14-17)16-39-29-33-28-31-18(2)25(27(36)32-22-11-9-21(30)10-12-22)26(35(28)34-29)20-8-13-23(37-3)24(15-20)38-4/h5-15,26H,16H2,1-4H3,(H,32,36)(H,31,33,34)/t26-/m0/s1. The first-order valence-electron chi connectivity index (χ1n) is 12.3. The molecule has 0 unspecified atom stereocenters. The Balaban J connectivity index is 1.52. The van der Waals surface area contributed by atoms with Crippen molar-refractivity contribution in [2.75, 3.05) is 24.9 Å². The molecule has 0 bridgehead atoms. The number of amides is 1. The van der Waals surface area contributed by atoms with Gasteiger partial charge in [-0.2, -0.15) is 4.98 Å². The van der Waals surface area contributed by atoms with Gasteiger partial charge in [-0.15, -0.1) is 5.10 Å². The van der Waals surface area contributed by atoms with Crippen LogP contribution < -0.4 is 20.1 Å². The zero-order valence-corrected chi connectivity index (χ0v) is 23.6. The molecule has 0 fully saturated rings. The van der Waals surface area contributed by atoms with Crippen molar-refractivity contribution in [3.63, 3.8) is 0 Å². The lowest BCUT2D eigenvalue weighted by atomic mass is 9.94. The van der Waals surface area contributed by atoms with Crippen LogP contribution in [0.25, 0.3) is 0 Å². The van der Waals surface area contributed by atoms with Crippen molar-refractivity contribution in [1.82, 2.24) is 14.8 Å². The Hall–Kier alpha value is -3.95. The lowest BCUT2D eigenvalue weighted by molar-refractivity contribution is -0.113. The van der Waals surface area contributed by atoms with Gasteiger partial charge in [0, 0.05) is 22.2 Å². The number of aromatic nitrogens is 3. The number of allylic oxidation sites excluding steroid dienone is 1. The number of hydrogen-bond acceptors (Lipinski definition) is 7. The second kappa shape index (κ2) is 11.4. The highest BCUT2D eigenvalue weighted by Crippen LogP contribution is 2.40. The summed E-state index contributed by atoms with van der Waals surface area (Å²) >= 11 is 7.58. The molecule has 2 heterocycles. The minimum Gasteiger partial charge on any atom is -0.493 e. The van der Waals surface area contributed by atoms with E-state index >= 15 is 0 Å². The van der Waals surface area contributed by atoms with Crippen LogP contribution in [0.2, 0.25) is 5.02 Å². The third kappa shape index (κ3) is 5.74. The number of anilines is 2. The molecule has 0 saturated carbocycles. The molecule has 4 aromatic rings. The molecule has 1 amide bonds. The minimum atomic E-state index is -0.561. The number of aryl methyl sites for hydroxylation is 1. The first-order chi connectivity index (χ1) is 18.9. The summed E-state index contributed by atoms with van der Waals surface area (Å²) in [5.74, 6) is 2.16. The van der Waals surface area contributed by atoms with E-state index in [1.54, 1.807) is 54.9 Å². The summed E-state index contributed by atoms with van der Waals surface area (Å²) in [5, 5.41) is 12.3. The number of carbonyl (C=O) groups excluding carboxylic acids is 1. The van der Waals surface area contributed by atoms with Gasteiger partial charge in [-0.3, -0.25) is 4.79 Å². The zero-order valence-electron chi connectivity index (χ0n) is 22.0. The zero-order chi connectivity index (χ0) is 27.5. The molecule has 1 aliphatic heterocycles. The average Bonchev–Trinajstić information content (AvgIpc) is 3.34.